The molecule has 0 fully saturated rings. The first-order valence-electron chi connectivity index (χ1n) is 5.27. The Bertz CT molecular complexity index is 438. The van der Waals surface area contributed by atoms with E-state index in [9.17, 15) is 9.90 Å². The van der Waals surface area contributed by atoms with Gasteiger partial charge in [-0.05, 0) is 31.2 Å². The van der Waals surface area contributed by atoms with Gasteiger partial charge in [0, 0.05) is 6.20 Å². The van der Waals surface area contributed by atoms with Crippen molar-refractivity contribution in [2.75, 3.05) is 6.61 Å². The molecule has 5 nitrogen and oxygen atoms in total. The lowest BCUT2D eigenvalue weighted by molar-refractivity contribution is -0.163. The van der Waals surface area contributed by atoms with Crippen LogP contribution in [0, 0.1) is 0 Å². The summed E-state index contributed by atoms with van der Waals surface area (Å²) in [6.07, 6.45) is 3.00. The van der Waals surface area contributed by atoms with Crippen molar-refractivity contribution in [1.29, 1.82) is 0 Å². The summed E-state index contributed by atoms with van der Waals surface area (Å²) in [6.45, 7) is 1.86. The summed E-state index contributed by atoms with van der Waals surface area (Å²) in [6, 6.07) is 6.40. The Labute approximate surface area is 98.0 Å². The number of aliphatic hydroxyl groups is 1. The fourth-order valence-corrected chi connectivity index (χ4v) is 1.62. The summed E-state index contributed by atoms with van der Waals surface area (Å²) in [5.41, 5.74) is -1.62. The SMILES string of the molecule is CCOC(=O)C(O)(c1ccc[nH]1)c1ccco1. The smallest absolute Gasteiger partial charge is 0.352 e. The second-order valence-electron chi connectivity index (χ2n) is 3.49. The Hall–Kier alpha value is -2.01. The quantitative estimate of drug-likeness (QED) is 0.785. The van der Waals surface area contributed by atoms with E-state index < -0.39 is 11.6 Å². The summed E-state index contributed by atoms with van der Waals surface area (Å²) in [5.74, 6) is -0.643. The topological polar surface area (TPSA) is 75.5 Å². The molecule has 2 rings (SSSR count). The van der Waals surface area contributed by atoms with Gasteiger partial charge in [0.2, 0.25) is 0 Å². The van der Waals surface area contributed by atoms with Crippen LogP contribution in [-0.4, -0.2) is 22.7 Å². The summed E-state index contributed by atoms with van der Waals surface area (Å²) in [4.78, 5) is 14.7. The molecular weight excluding hydrogens is 222 g/mol. The normalized spacial score (nSPS) is 14.2. The molecule has 17 heavy (non-hydrogen) atoms. The molecule has 0 bridgehead atoms. The van der Waals surface area contributed by atoms with Gasteiger partial charge in [-0.2, -0.15) is 0 Å². The maximum Gasteiger partial charge on any atom is 0.352 e. The molecule has 0 aromatic carbocycles. The lowest BCUT2D eigenvalue weighted by atomic mass is 9.97. The zero-order chi connectivity index (χ0) is 12.3. The van der Waals surface area contributed by atoms with Gasteiger partial charge in [0.15, 0.2) is 5.76 Å². The second-order valence-corrected chi connectivity index (χ2v) is 3.49. The molecule has 90 valence electrons. The molecule has 0 aliphatic heterocycles. The minimum absolute atomic E-state index is 0.124. The number of hydrogen-bond acceptors (Lipinski definition) is 4. The van der Waals surface area contributed by atoms with Crippen LogP contribution in [-0.2, 0) is 15.1 Å². The summed E-state index contributed by atoms with van der Waals surface area (Å²) in [7, 11) is 0. The molecular formula is C12H13NO4. The number of aromatic amines is 1. The number of H-pyrrole nitrogens is 1. The third kappa shape index (κ3) is 1.85. The number of ether oxygens (including phenoxy) is 1. The molecule has 2 heterocycles. The fourth-order valence-electron chi connectivity index (χ4n) is 1.62. The predicted molar refractivity (Wildman–Crippen MR) is 59.1 cm³/mol. The molecule has 2 aromatic rings. The summed E-state index contributed by atoms with van der Waals surface area (Å²) in [5, 5.41) is 10.5. The van der Waals surface area contributed by atoms with Gasteiger partial charge in [0.05, 0.1) is 18.6 Å². The minimum atomic E-state index is -1.93. The van der Waals surface area contributed by atoms with Gasteiger partial charge in [-0.1, -0.05) is 0 Å². The highest BCUT2D eigenvalue weighted by atomic mass is 16.6. The van der Waals surface area contributed by atoms with Gasteiger partial charge < -0.3 is 19.2 Å². The van der Waals surface area contributed by atoms with E-state index in [1.165, 1.54) is 12.3 Å². The highest BCUT2D eigenvalue weighted by Crippen LogP contribution is 2.30. The first-order valence-corrected chi connectivity index (χ1v) is 5.27. The van der Waals surface area contributed by atoms with Crippen molar-refractivity contribution in [1.82, 2.24) is 4.98 Å². The van der Waals surface area contributed by atoms with Gasteiger partial charge in [0.25, 0.3) is 5.60 Å². The molecule has 0 aliphatic carbocycles. The van der Waals surface area contributed by atoms with Gasteiger partial charge in [-0.15, -0.1) is 0 Å². The molecule has 0 saturated carbocycles. The van der Waals surface area contributed by atoms with Crippen molar-refractivity contribution in [3.05, 3.63) is 48.2 Å². The highest BCUT2D eigenvalue weighted by molar-refractivity contribution is 5.83. The van der Waals surface area contributed by atoms with Crippen molar-refractivity contribution in [3.8, 4) is 0 Å². The largest absolute Gasteiger partial charge is 0.465 e. The van der Waals surface area contributed by atoms with Crippen LogP contribution in [0.3, 0.4) is 0 Å². The van der Waals surface area contributed by atoms with Crippen LogP contribution in [0.2, 0.25) is 0 Å². The third-order valence-electron chi connectivity index (χ3n) is 2.44. The van der Waals surface area contributed by atoms with Crippen molar-refractivity contribution < 1.29 is 19.1 Å². The Morgan fingerprint density at radius 1 is 1.53 bits per heavy atom. The maximum absolute atomic E-state index is 11.9. The van der Waals surface area contributed by atoms with Crippen LogP contribution in [0.4, 0.5) is 0 Å². The van der Waals surface area contributed by atoms with Crippen LogP contribution in [0.25, 0.3) is 0 Å². The van der Waals surface area contributed by atoms with Crippen LogP contribution < -0.4 is 0 Å². The highest BCUT2D eigenvalue weighted by Gasteiger charge is 2.45. The van der Waals surface area contributed by atoms with Crippen molar-refractivity contribution in [2.24, 2.45) is 0 Å². The fraction of sp³-hybridized carbons (Fsp3) is 0.250. The molecule has 0 aliphatic rings. The van der Waals surface area contributed by atoms with E-state index in [0.29, 0.717) is 5.69 Å². The number of carbonyl (C=O) groups excluding carboxylic acids is 1. The van der Waals surface area contributed by atoms with Crippen molar-refractivity contribution in [2.45, 2.75) is 12.5 Å². The zero-order valence-corrected chi connectivity index (χ0v) is 9.34. The standard InChI is InChI=1S/C12H13NO4/c1-2-16-11(14)12(15,9-5-3-7-13-9)10-6-4-8-17-10/h3-8,13,15H,2H2,1H3. The van der Waals surface area contributed by atoms with Crippen molar-refractivity contribution >= 4 is 5.97 Å². The Balaban J connectivity index is 2.47. The Kier molecular flexibility index (Phi) is 3.01. The van der Waals surface area contributed by atoms with Crippen LogP contribution in [0.5, 0.6) is 0 Å². The number of nitrogens with one attached hydrogen (secondary N) is 1. The van der Waals surface area contributed by atoms with Crippen LogP contribution >= 0.6 is 0 Å². The van der Waals surface area contributed by atoms with Gasteiger partial charge in [0.1, 0.15) is 0 Å². The van der Waals surface area contributed by atoms with Gasteiger partial charge >= 0.3 is 5.97 Å². The Morgan fingerprint density at radius 2 is 2.35 bits per heavy atom. The molecule has 5 heteroatoms. The first-order chi connectivity index (χ1) is 8.19. The van der Waals surface area contributed by atoms with Crippen molar-refractivity contribution in [3.63, 3.8) is 0 Å². The lowest BCUT2D eigenvalue weighted by Crippen LogP contribution is -2.38. The molecule has 1 unspecified atom stereocenters. The predicted octanol–water partition coefficient (Wildman–Crippen LogP) is 1.41. The second kappa shape index (κ2) is 4.47. The molecule has 2 N–H and O–H groups in total. The molecule has 0 radical (unpaired) electrons. The van der Waals surface area contributed by atoms with E-state index in [4.69, 9.17) is 9.15 Å². The average Bonchev–Trinajstić information content (AvgIpc) is 3.01. The zero-order valence-electron chi connectivity index (χ0n) is 9.34. The van der Waals surface area contributed by atoms with Gasteiger partial charge in [-0.25, -0.2) is 4.79 Å². The maximum atomic E-state index is 11.9. The summed E-state index contributed by atoms with van der Waals surface area (Å²) < 4.78 is 10.0. The first kappa shape index (κ1) is 11.5. The monoisotopic (exact) mass is 235 g/mol. The van der Waals surface area contributed by atoms with E-state index in [0.717, 1.165) is 0 Å². The molecule has 0 spiro atoms. The molecule has 0 amide bonds. The van der Waals surface area contributed by atoms with Crippen LogP contribution in [0.1, 0.15) is 18.4 Å². The number of esters is 1. The molecule has 0 saturated heterocycles. The number of furan rings is 1. The number of rotatable bonds is 4. The summed E-state index contributed by atoms with van der Waals surface area (Å²) >= 11 is 0. The van der Waals surface area contributed by atoms with E-state index >= 15 is 0 Å². The van der Waals surface area contributed by atoms with E-state index in [1.54, 1.807) is 31.3 Å². The van der Waals surface area contributed by atoms with E-state index in [2.05, 4.69) is 4.98 Å². The third-order valence-corrected chi connectivity index (χ3v) is 2.44. The van der Waals surface area contributed by atoms with E-state index in [1.807, 2.05) is 0 Å². The minimum Gasteiger partial charge on any atom is -0.465 e. The van der Waals surface area contributed by atoms with E-state index in [-0.39, 0.29) is 12.4 Å². The molecule has 2 aromatic heterocycles. The Morgan fingerprint density at radius 3 is 2.88 bits per heavy atom. The lowest BCUT2D eigenvalue weighted by Gasteiger charge is -2.22. The van der Waals surface area contributed by atoms with Crippen LogP contribution in [0.15, 0.2) is 41.1 Å². The number of hydrogen-bond donors (Lipinski definition) is 2. The number of carbonyl (C=O) groups is 1. The van der Waals surface area contributed by atoms with Gasteiger partial charge in [-0.3, -0.25) is 0 Å². The number of aromatic nitrogens is 1. The average molecular weight is 235 g/mol. The molecule has 1 atom stereocenters.